The topological polar surface area (TPSA) is 108 Å². The van der Waals surface area contributed by atoms with Crippen molar-refractivity contribution in [3.05, 3.63) is 59.4 Å². The maximum Gasteiger partial charge on any atom is 0.294 e. The van der Waals surface area contributed by atoms with E-state index in [-0.39, 0.29) is 5.76 Å². The Hall–Kier alpha value is -3.36. The first kappa shape index (κ1) is 19.0. The first-order chi connectivity index (χ1) is 14.1. The average Bonchev–Trinajstić information content (AvgIpc) is 3.30. The van der Waals surface area contributed by atoms with Crippen molar-refractivity contribution in [2.45, 2.75) is 0 Å². The minimum atomic E-state index is -0.406. The Bertz CT molecular complexity index is 1160. The van der Waals surface area contributed by atoms with Crippen LogP contribution in [0.2, 0.25) is 5.02 Å². The quantitative estimate of drug-likeness (QED) is 0.503. The monoisotopic (exact) mass is 411 g/mol. The van der Waals surface area contributed by atoms with E-state index in [4.69, 9.17) is 26.6 Å². The van der Waals surface area contributed by atoms with Crippen molar-refractivity contribution in [3.8, 4) is 17.0 Å². The van der Waals surface area contributed by atoms with E-state index in [2.05, 4.69) is 15.6 Å². The summed E-state index contributed by atoms with van der Waals surface area (Å²) in [5.41, 5.74) is 8.07. The number of fused-ring (bicyclic) bond motifs is 1. The fourth-order valence-corrected chi connectivity index (χ4v) is 3.31. The van der Waals surface area contributed by atoms with Crippen LogP contribution in [-0.2, 0) is 7.05 Å². The van der Waals surface area contributed by atoms with Crippen molar-refractivity contribution >= 4 is 34.1 Å². The number of amides is 1. The summed E-state index contributed by atoms with van der Waals surface area (Å²) >= 11 is 6.32. The van der Waals surface area contributed by atoms with Crippen molar-refractivity contribution < 1.29 is 14.1 Å². The lowest BCUT2D eigenvalue weighted by molar-refractivity contribution is 0.0990. The molecule has 9 heteroatoms. The fourth-order valence-electron chi connectivity index (χ4n) is 3.04. The number of aromatic nitrogens is 3. The lowest BCUT2D eigenvalue weighted by atomic mass is 10.1. The highest BCUT2D eigenvalue weighted by atomic mass is 35.5. The highest BCUT2D eigenvalue weighted by molar-refractivity contribution is 6.33. The van der Waals surface area contributed by atoms with E-state index >= 15 is 0 Å². The largest absolute Gasteiger partial charge is 0.492 e. The number of halogens is 1. The van der Waals surface area contributed by atoms with Gasteiger partial charge in [-0.2, -0.15) is 5.10 Å². The Morgan fingerprint density at radius 3 is 2.90 bits per heavy atom. The van der Waals surface area contributed by atoms with Gasteiger partial charge in [0.2, 0.25) is 5.76 Å². The molecule has 4 rings (SSSR count). The zero-order valence-electron chi connectivity index (χ0n) is 15.6. The van der Waals surface area contributed by atoms with E-state index in [1.54, 1.807) is 48.3 Å². The van der Waals surface area contributed by atoms with E-state index in [1.807, 2.05) is 12.1 Å². The van der Waals surface area contributed by atoms with Gasteiger partial charge in [-0.1, -0.05) is 28.9 Å². The number of ether oxygens (including phenoxy) is 1. The van der Waals surface area contributed by atoms with Crippen LogP contribution in [0.4, 0.5) is 5.69 Å². The number of nitrogens with zero attached hydrogens (tertiary/aromatic N) is 3. The summed E-state index contributed by atoms with van der Waals surface area (Å²) in [6.07, 6.45) is 1.55. The van der Waals surface area contributed by atoms with E-state index < -0.39 is 5.91 Å². The molecule has 0 aliphatic rings. The molecule has 4 aromatic rings. The number of nitrogens with one attached hydrogen (secondary N) is 1. The molecule has 2 heterocycles. The van der Waals surface area contributed by atoms with Crippen LogP contribution in [0.3, 0.4) is 0 Å². The second-order valence-corrected chi connectivity index (χ2v) is 6.70. The van der Waals surface area contributed by atoms with Crippen LogP contribution in [0.25, 0.3) is 22.2 Å². The third-order valence-corrected chi connectivity index (χ3v) is 4.63. The first-order valence-corrected chi connectivity index (χ1v) is 9.27. The number of aryl methyl sites for hydroxylation is 1. The van der Waals surface area contributed by atoms with Crippen LogP contribution in [0, 0.1) is 0 Å². The summed E-state index contributed by atoms with van der Waals surface area (Å²) in [4.78, 5) is 12.7. The SMILES string of the molecule is Cn1ncc(Cl)c1-c1cc(NC(=O)c2onc3ccccc23)ccc1OCCN. The van der Waals surface area contributed by atoms with Crippen molar-refractivity contribution in [2.24, 2.45) is 12.8 Å². The van der Waals surface area contributed by atoms with Gasteiger partial charge in [-0.15, -0.1) is 0 Å². The van der Waals surface area contributed by atoms with Crippen molar-refractivity contribution in [3.63, 3.8) is 0 Å². The third kappa shape index (κ3) is 3.67. The molecule has 1 amide bonds. The Kier molecular flexibility index (Phi) is 5.20. The number of benzene rings is 2. The van der Waals surface area contributed by atoms with E-state index in [0.29, 0.717) is 51.8 Å². The Morgan fingerprint density at radius 1 is 1.31 bits per heavy atom. The Labute approximate surface area is 171 Å². The van der Waals surface area contributed by atoms with Crippen LogP contribution < -0.4 is 15.8 Å². The molecular formula is C20H18ClN5O3. The molecule has 0 bridgehead atoms. The fraction of sp³-hybridized carbons (Fsp3) is 0.150. The highest BCUT2D eigenvalue weighted by Gasteiger charge is 2.19. The molecule has 0 saturated heterocycles. The molecule has 2 aromatic heterocycles. The Morgan fingerprint density at radius 2 is 2.14 bits per heavy atom. The maximum absolute atomic E-state index is 12.7. The minimum Gasteiger partial charge on any atom is -0.492 e. The van der Waals surface area contributed by atoms with Crippen LogP contribution in [0.1, 0.15) is 10.6 Å². The van der Waals surface area contributed by atoms with Crippen LogP contribution >= 0.6 is 11.6 Å². The summed E-state index contributed by atoms with van der Waals surface area (Å²) < 4.78 is 12.6. The molecule has 0 aliphatic heterocycles. The number of hydrogen-bond donors (Lipinski definition) is 2. The zero-order chi connectivity index (χ0) is 20.4. The van der Waals surface area contributed by atoms with Gasteiger partial charge in [-0.3, -0.25) is 9.48 Å². The van der Waals surface area contributed by atoms with Crippen molar-refractivity contribution in [1.82, 2.24) is 14.9 Å². The number of hydrogen-bond acceptors (Lipinski definition) is 6. The molecule has 0 fully saturated rings. The number of carbonyl (C=O) groups is 1. The van der Waals surface area contributed by atoms with E-state index in [0.717, 1.165) is 0 Å². The van der Waals surface area contributed by atoms with Gasteiger partial charge < -0.3 is 20.3 Å². The first-order valence-electron chi connectivity index (χ1n) is 8.89. The van der Waals surface area contributed by atoms with Gasteiger partial charge in [0.05, 0.1) is 22.3 Å². The molecule has 0 aliphatic carbocycles. The van der Waals surface area contributed by atoms with E-state index in [1.165, 1.54) is 0 Å². The maximum atomic E-state index is 12.7. The molecule has 29 heavy (non-hydrogen) atoms. The van der Waals surface area contributed by atoms with Gasteiger partial charge in [0, 0.05) is 24.8 Å². The molecule has 148 valence electrons. The van der Waals surface area contributed by atoms with Crippen LogP contribution in [-0.4, -0.2) is 34.0 Å². The molecule has 8 nitrogen and oxygen atoms in total. The molecule has 0 atom stereocenters. The van der Waals surface area contributed by atoms with Crippen molar-refractivity contribution in [2.75, 3.05) is 18.5 Å². The number of carbonyl (C=O) groups excluding carboxylic acids is 1. The smallest absolute Gasteiger partial charge is 0.294 e. The minimum absolute atomic E-state index is 0.143. The van der Waals surface area contributed by atoms with Gasteiger partial charge in [0.25, 0.3) is 5.91 Å². The summed E-state index contributed by atoms with van der Waals surface area (Å²) in [5, 5.41) is 12.0. The number of rotatable bonds is 6. The lowest BCUT2D eigenvalue weighted by Gasteiger charge is -2.14. The third-order valence-electron chi connectivity index (χ3n) is 4.35. The van der Waals surface area contributed by atoms with Gasteiger partial charge in [-0.25, -0.2) is 0 Å². The molecule has 0 unspecified atom stereocenters. The number of anilines is 1. The van der Waals surface area contributed by atoms with Gasteiger partial charge in [-0.05, 0) is 30.3 Å². The molecular weight excluding hydrogens is 394 g/mol. The Balaban J connectivity index is 1.69. The normalized spacial score (nSPS) is 11.0. The molecule has 0 saturated carbocycles. The lowest BCUT2D eigenvalue weighted by Crippen LogP contribution is -2.13. The van der Waals surface area contributed by atoms with E-state index in [9.17, 15) is 4.79 Å². The van der Waals surface area contributed by atoms with Gasteiger partial charge in [0.1, 0.15) is 17.9 Å². The number of nitrogens with two attached hydrogens (primary N) is 1. The second kappa shape index (κ2) is 7.94. The molecule has 0 radical (unpaired) electrons. The average molecular weight is 412 g/mol. The standard InChI is InChI=1S/C20H18ClN5O3/c1-26-18(15(21)11-23-26)14-10-12(6-7-17(14)28-9-8-22)24-20(27)19-13-4-2-3-5-16(13)25-29-19/h2-7,10-11H,8-9,22H2,1H3,(H,24,27). The predicted molar refractivity (Wildman–Crippen MR) is 110 cm³/mol. The highest BCUT2D eigenvalue weighted by Crippen LogP contribution is 2.36. The van der Waals surface area contributed by atoms with Gasteiger partial charge >= 0.3 is 0 Å². The summed E-state index contributed by atoms with van der Waals surface area (Å²) in [6.45, 7) is 0.716. The second-order valence-electron chi connectivity index (χ2n) is 6.30. The zero-order valence-corrected chi connectivity index (χ0v) is 16.3. The summed E-state index contributed by atoms with van der Waals surface area (Å²) in [6, 6.07) is 12.5. The van der Waals surface area contributed by atoms with Crippen molar-refractivity contribution in [1.29, 1.82) is 0 Å². The van der Waals surface area contributed by atoms with Crippen LogP contribution in [0.5, 0.6) is 5.75 Å². The molecule has 3 N–H and O–H groups in total. The van der Waals surface area contributed by atoms with Gasteiger partial charge in [0.15, 0.2) is 0 Å². The summed E-state index contributed by atoms with van der Waals surface area (Å²) in [5.74, 6) is 0.324. The summed E-state index contributed by atoms with van der Waals surface area (Å²) in [7, 11) is 1.78. The molecule has 2 aromatic carbocycles. The van der Waals surface area contributed by atoms with Crippen LogP contribution in [0.15, 0.2) is 53.2 Å². The predicted octanol–water partition coefficient (Wildman–Crippen LogP) is 3.47. The molecule has 0 spiro atoms.